The number of hydrogen-bond donors (Lipinski definition) is 1. The highest BCUT2D eigenvalue weighted by atomic mass is 32.2. The smallest absolute Gasteiger partial charge is 0.267 e. The Balaban J connectivity index is 1.61. The lowest BCUT2D eigenvalue weighted by Gasteiger charge is -2.12. The van der Waals surface area contributed by atoms with Gasteiger partial charge in [0, 0.05) is 12.1 Å². The van der Waals surface area contributed by atoms with Gasteiger partial charge in [0.2, 0.25) is 11.7 Å². The summed E-state index contributed by atoms with van der Waals surface area (Å²) in [7, 11) is 1.56. The van der Waals surface area contributed by atoms with Gasteiger partial charge in [-0.05, 0) is 24.3 Å². The average molecular weight is 448 g/mol. The Morgan fingerprint density at radius 3 is 2.84 bits per heavy atom. The van der Waals surface area contributed by atoms with E-state index in [4.69, 9.17) is 9.26 Å². The van der Waals surface area contributed by atoms with Crippen LogP contribution in [0.5, 0.6) is 5.75 Å². The molecular formula is C21H16N6O4S. The van der Waals surface area contributed by atoms with E-state index in [-0.39, 0.29) is 17.2 Å². The summed E-state index contributed by atoms with van der Waals surface area (Å²) in [4.78, 5) is 25.6. The fraction of sp³-hybridized carbons (Fsp3) is 0.0952. The van der Waals surface area contributed by atoms with Crippen molar-refractivity contribution in [1.29, 1.82) is 0 Å². The molecule has 0 unspecified atom stereocenters. The van der Waals surface area contributed by atoms with Crippen molar-refractivity contribution in [1.82, 2.24) is 24.3 Å². The number of ether oxygens (including phenoxy) is 1. The van der Waals surface area contributed by atoms with Crippen molar-refractivity contribution >= 4 is 40.2 Å². The summed E-state index contributed by atoms with van der Waals surface area (Å²) in [6, 6.07) is 15.9. The molecule has 0 radical (unpaired) electrons. The first-order valence-corrected chi connectivity index (χ1v) is 10.5. The molecule has 5 rings (SSSR count). The van der Waals surface area contributed by atoms with Gasteiger partial charge in [0.15, 0.2) is 11.0 Å². The summed E-state index contributed by atoms with van der Waals surface area (Å²) < 4.78 is 13.3. The number of nitrogens with zero attached hydrogens (tertiary/aromatic N) is 5. The van der Waals surface area contributed by atoms with Gasteiger partial charge < -0.3 is 14.6 Å². The Hall–Kier alpha value is -4.12. The molecule has 2 aromatic carbocycles. The molecule has 160 valence electrons. The molecule has 0 aliphatic rings. The van der Waals surface area contributed by atoms with Crippen LogP contribution in [0.2, 0.25) is 0 Å². The van der Waals surface area contributed by atoms with E-state index in [1.54, 1.807) is 54.0 Å². The quantitative estimate of drug-likeness (QED) is 0.394. The summed E-state index contributed by atoms with van der Waals surface area (Å²) >= 11 is 1.20. The average Bonchev–Trinajstić information content (AvgIpc) is 3.48. The van der Waals surface area contributed by atoms with Crippen LogP contribution < -0.4 is 15.6 Å². The predicted octanol–water partition coefficient (Wildman–Crippen LogP) is 2.76. The fourth-order valence-corrected chi connectivity index (χ4v) is 4.08. The van der Waals surface area contributed by atoms with Gasteiger partial charge in [0.1, 0.15) is 12.0 Å². The van der Waals surface area contributed by atoms with Gasteiger partial charge in [-0.1, -0.05) is 35.1 Å². The predicted molar refractivity (Wildman–Crippen MR) is 118 cm³/mol. The van der Waals surface area contributed by atoms with Crippen LogP contribution in [-0.2, 0) is 4.79 Å². The number of hydrogen-bond acceptors (Lipinski definition) is 8. The lowest BCUT2D eigenvalue weighted by atomic mass is 10.2. The van der Waals surface area contributed by atoms with Crippen LogP contribution in [0.3, 0.4) is 0 Å². The Kier molecular flexibility index (Phi) is 5.07. The Bertz CT molecular complexity index is 1490. The molecule has 0 aliphatic heterocycles. The number of thioether (sulfide) groups is 1. The second-order valence-electron chi connectivity index (χ2n) is 6.70. The van der Waals surface area contributed by atoms with Gasteiger partial charge >= 0.3 is 0 Å². The molecule has 0 saturated carbocycles. The lowest BCUT2D eigenvalue weighted by Crippen LogP contribution is -2.22. The Morgan fingerprint density at radius 2 is 2.03 bits per heavy atom. The van der Waals surface area contributed by atoms with Crippen molar-refractivity contribution in [3.05, 3.63) is 71.2 Å². The zero-order valence-electron chi connectivity index (χ0n) is 16.8. The number of benzene rings is 2. The Morgan fingerprint density at radius 1 is 1.16 bits per heavy atom. The molecule has 32 heavy (non-hydrogen) atoms. The van der Waals surface area contributed by atoms with Gasteiger partial charge in [-0.3, -0.25) is 14.0 Å². The van der Waals surface area contributed by atoms with Crippen LogP contribution in [-0.4, -0.2) is 43.1 Å². The highest BCUT2D eigenvalue weighted by Gasteiger charge is 2.19. The van der Waals surface area contributed by atoms with Crippen molar-refractivity contribution in [2.45, 2.75) is 5.16 Å². The van der Waals surface area contributed by atoms with E-state index < -0.39 is 0 Å². The van der Waals surface area contributed by atoms with Crippen LogP contribution in [0.1, 0.15) is 0 Å². The van der Waals surface area contributed by atoms with E-state index in [9.17, 15) is 9.59 Å². The molecule has 0 fully saturated rings. The molecule has 10 nitrogen and oxygen atoms in total. The zero-order chi connectivity index (χ0) is 22.1. The van der Waals surface area contributed by atoms with Crippen molar-refractivity contribution in [2.75, 3.05) is 18.2 Å². The lowest BCUT2D eigenvalue weighted by molar-refractivity contribution is -0.113. The minimum atomic E-state index is -0.272. The zero-order valence-corrected chi connectivity index (χ0v) is 17.6. The number of methoxy groups -OCH3 is 1. The summed E-state index contributed by atoms with van der Waals surface area (Å²) in [5.74, 6) is 1.08. The molecule has 1 amide bonds. The highest BCUT2D eigenvalue weighted by Crippen LogP contribution is 2.24. The van der Waals surface area contributed by atoms with Crippen LogP contribution >= 0.6 is 11.8 Å². The number of aromatic nitrogens is 5. The molecular weight excluding hydrogens is 432 g/mol. The number of rotatable bonds is 6. The summed E-state index contributed by atoms with van der Waals surface area (Å²) in [5.41, 5.74) is 1.02. The molecule has 5 aromatic rings. The van der Waals surface area contributed by atoms with Crippen molar-refractivity contribution in [2.24, 2.45) is 0 Å². The van der Waals surface area contributed by atoms with E-state index in [0.29, 0.717) is 39.1 Å². The molecule has 1 N–H and O–H groups in total. The summed E-state index contributed by atoms with van der Waals surface area (Å²) in [6.45, 7) is 0. The monoisotopic (exact) mass is 448 g/mol. The van der Waals surface area contributed by atoms with Gasteiger partial charge in [-0.15, -0.1) is 10.2 Å². The van der Waals surface area contributed by atoms with E-state index >= 15 is 0 Å². The van der Waals surface area contributed by atoms with E-state index in [1.807, 2.05) is 12.1 Å². The first-order valence-electron chi connectivity index (χ1n) is 9.52. The van der Waals surface area contributed by atoms with Gasteiger partial charge in [0.05, 0.1) is 29.5 Å². The van der Waals surface area contributed by atoms with E-state index in [0.717, 1.165) is 0 Å². The van der Waals surface area contributed by atoms with Crippen LogP contribution in [0.4, 0.5) is 5.82 Å². The number of carbonyl (C=O) groups excluding carboxylic acids is 1. The van der Waals surface area contributed by atoms with Gasteiger partial charge in [0.25, 0.3) is 5.56 Å². The van der Waals surface area contributed by atoms with E-state index in [1.165, 1.54) is 22.6 Å². The summed E-state index contributed by atoms with van der Waals surface area (Å²) in [5, 5.41) is 15.8. The number of para-hydroxylation sites is 1. The fourth-order valence-electron chi connectivity index (χ4n) is 3.34. The van der Waals surface area contributed by atoms with Crippen molar-refractivity contribution in [3.8, 4) is 11.4 Å². The maximum absolute atomic E-state index is 13.3. The number of fused-ring (bicyclic) bond motifs is 3. The largest absolute Gasteiger partial charge is 0.497 e. The number of amides is 1. The third kappa shape index (κ3) is 3.48. The van der Waals surface area contributed by atoms with Crippen LogP contribution in [0.25, 0.3) is 22.4 Å². The maximum atomic E-state index is 13.3. The molecule has 0 aliphatic carbocycles. The van der Waals surface area contributed by atoms with Gasteiger partial charge in [-0.25, -0.2) is 4.57 Å². The Labute approximate surface area is 184 Å². The minimum Gasteiger partial charge on any atom is -0.497 e. The highest BCUT2D eigenvalue weighted by molar-refractivity contribution is 7.99. The van der Waals surface area contributed by atoms with Gasteiger partial charge in [-0.2, -0.15) is 0 Å². The standard InChI is InChI=1S/C21H16N6O4S/c1-30-14-6-4-5-13(11-14)26-19(29)15-7-2-3-8-16(15)27-20(26)23-24-21(27)32-12-18(28)22-17-9-10-31-25-17/h2-11H,12H2,1H3,(H,22,25,28). The molecule has 0 atom stereocenters. The number of nitrogens with one attached hydrogen (secondary N) is 1. The normalized spacial score (nSPS) is 11.2. The topological polar surface area (TPSA) is 117 Å². The van der Waals surface area contributed by atoms with Crippen LogP contribution in [0.15, 0.2) is 75.3 Å². The summed E-state index contributed by atoms with van der Waals surface area (Å²) in [6.07, 6.45) is 1.37. The molecule has 0 spiro atoms. The molecule has 0 saturated heterocycles. The van der Waals surface area contributed by atoms with E-state index in [2.05, 4.69) is 20.7 Å². The number of anilines is 1. The third-order valence-electron chi connectivity index (χ3n) is 4.74. The molecule has 0 bridgehead atoms. The SMILES string of the molecule is COc1cccc(-n2c(=O)c3ccccc3n3c(SCC(=O)Nc4ccon4)nnc23)c1. The third-order valence-corrected chi connectivity index (χ3v) is 5.67. The molecule has 3 heterocycles. The number of carbonyl (C=O) groups is 1. The minimum absolute atomic E-state index is 0.0697. The van der Waals surface area contributed by atoms with Crippen molar-refractivity contribution < 1.29 is 14.1 Å². The van der Waals surface area contributed by atoms with Crippen LogP contribution in [0, 0.1) is 0 Å². The maximum Gasteiger partial charge on any atom is 0.267 e. The van der Waals surface area contributed by atoms with Crippen molar-refractivity contribution in [3.63, 3.8) is 0 Å². The first kappa shape index (κ1) is 19.8. The second kappa shape index (κ2) is 8.19. The molecule has 3 aromatic heterocycles. The molecule has 11 heteroatoms. The first-order chi connectivity index (χ1) is 15.7. The second-order valence-corrected chi connectivity index (χ2v) is 7.64.